The van der Waals surface area contributed by atoms with Gasteiger partial charge >= 0.3 is 0 Å². The van der Waals surface area contributed by atoms with E-state index in [0.717, 1.165) is 42.7 Å². The molecule has 0 aliphatic heterocycles. The van der Waals surface area contributed by atoms with Crippen LogP contribution in [0, 0.1) is 26.2 Å². The molecule has 0 saturated heterocycles. The lowest BCUT2D eigenvalue weighted by Crippen LogP contribution is -2.44. The highest BCUT2D eigenvalue weighted by atomic mass is 28.4. The highest BCUT2D eigenvalue weighted by molar-refractivity contribution is 6.74. The summed E-state index contributed by atoms with van der Waals surface area (Å²) in [6.07, 6.45) is 9.49. The zero-order chi connectivity index (χ0) is 27.1. The summed E-state index contributed by atoms with van der Waals surface area (Å²) in [4.78, 5) is 4.70. The number of hydrogen-bond donors (Lipinski definition) is 0. The van der Waals surface area contributed by atoms with Crippen LogP contribution in [0.15, 0.2) is 28.7 Å². The number of nitrogens with zero attached hydrogens (tertiary/aromatic N) is 1. The molecule has 0 amide bonds. The second-order valence-corrected chi connectivity index (χ2v) is 16.5. The van der Waals surface area contributed by atoms with E-state index in [9.17, 15) is 0 Å². The summed E-state index contributed by atoms with van der Waals surface area (Å²) in [7, 11) is -1.88. The Morgan fingerprint density at radius 1 is 1.14 bits per heavy atom. The van der Waals surface area contributed by atoms with Crippen LogP contribution in [-0.4, -0.2) is 51.4 Å². The molecule has 0 spiro atoms. The molecule has 0 radical (unpaired) electrons. The van der Waals surface area contributed by atoms with Crippen LogP contribution in [0.25, 0.3) is 11.5 Å². The number of oxazole rings is 1. The molecule has 7 heteroatoms. The van der Waals surface area contributed by atoms with Gasteiger partial charge in [0.25, 0.3) is 0 Å². The Kier molecular flexibility index (Phi) is 10.6. The molecule has 0 N–H and O–H groups in total. The van der Waals surface area contributed by atoms with E-state index in [2.05, 4.69) is 58.8 Å². The molecule has 1 aromatic carbocycles. The van der Waals surface area contributed by atoms with Crippen molar-refractivity contribution in [1.29, 1.82) is 0 Å². The van der Waals surface area contributed by atoms with Crippen molar-refractivity contribution in [1.82, 2.24) is 4.98 Å². The van der Waals surface area contributed by atoms with E-state index in [0.29, 0.717) is 25.7 Å². The van der Waals surface area contributed by atoms with Crippen LogP contribution in [0.1, 0.15) is 63.5 Å². The number of benzene rings is 1. The Morgan fingerprint density at radius 3 is 2.54 bits per heavy atom. The zero-order valence-corrected chi connectivity index (χ0v) is 24.8. The zero-order valence-electron chi connectivity index (χ0n) is 23.8. The van der Waals surface area contributed by atoms with Gasteiger partial charge in [-0.05, 0) is 69.8 Å². The molecule has 0 bridgehead atoms. The first kappa shape index (κ1) is 29.6. The van der Waals surface area contributed by atoms with Gasteiger partial charge in [-0.1, -0.05) is 44.4 Å². The molecule has 1 aliphatic rings. The van der Waals surface area contributed by atoms with Crippen molar-refractivity contribution in [2.45, 2.75) is 103 Å². The number of terminal acetylenes is 1. The molecule has 204 valence electrons. The molecule has 2 aromatic rings. The molecule has 1 aromatic heterocycles. The maximum absolute atomic E-state index is 6.38. The standard InChI is InChI=1S/C30H45NO5Si/c1-9-16-32-27(20-35-37(7,8)30(4,5)6)19-33-25-14-11-15-26(18-25)34-21-28-23(3)36-29(31-28)24-13-10-12-22(2)17-24/h1,10,12-13,17,25-27H,11,14-16,18-21H2,2-8H3/t25-,26+,27+/m1/s1. The van der Waals surface area contributed by atoms with E-state index < -0.39 is 8.32 Å². The fourth-order valence-corrected chi connectivity index (χ4v) is 5.17. The summed E-state index contributed by atoms with van der Waals surface area (Å²) < 4.78 is 30.7. The van der Waals surface area contributed by atoms with Crippen LogP contribution in [0.3, 0.4) is 0 Å². The summed E-state index contributed by atoms with van der Waals surface area (Å²) in [6.45, 7) is 16.9. The van der Waals surface area contributed by atoms with Crippen LogP contribution < -0.4 is 0 Å². The van der Waals surface area contributed by atoms with Crippen molar-refractivity contribution in [2.75, 3.05) is 19.8 Å². The van der Waals surface area contributed by atoms with Crippen molar-refractivity contribution in [3.05, 3.63) is 41.3 Å². The van der Waals surface area contributed by atoms with Gasteiger partial charge in [-0.25, -0.2) is 4.98 Å². The lowest BCUT2D eigenvalue weighted by atomic mass is 9.95. The monoisotopic (exact) mass is 527 g/mol. The van der Waals surface area contributed by atoms with Crippen molar-refractivity contribution in [2.24, 2.45) is 0 Å². The predicted molar refractivity (Wildman–Crippen MR) is 150 cm³/mol. The fraction of sp³-hybridized carbons (Fsp3) is 0.633. The minimum absolute atomic E-state index is 0.129. The SMILES string of the molecule is C#CCO[C@@H](CO[C@@H]1CCC[C@H](OCc2nc(-c3cccc(C)c3)oc2C)C1)CO[Si](C)(C)C(C)(C)C. The van der Waals surface area contributed by atoms with Crippen LogP contribution in [0.4, 0.5) is 0 Å². The van der Waals surface area contributed by atoms with Gasteiger partial charge in [-0.2, -0.15) is 0 Å². The molecule has 1 fully saturated rings. The largest absolute Gasteiger partial charge is 0.441 e. The predicted octanol–water partition coefficient (Wildman–Crippen LogP) is 6.84. The third-order valence-electron chi connectivity index (χ3n) is 7.55. The lowest BCUT2D eigenvalue weighted by Gasteiger charge is -2.37. The normalized spacial score (nSPS) is 19.5. The quantitative estimate of drug-likeness (QED) is 0.222. The second-order valence-electron chi connectivity index (χ2n) is 11.7. The number of aromatic nitrogens is 1. The Labute approximate surface area is 224 Å². The first-order chi connectivity index (χ1) is 17.5. The van der Waals surface area contributed by atoms with Crippen LogP contribution in [0.5, 0.6) is 0 Å². The minimum Gasteiger partial charge on any atom is -0.441 e. The Hall–Kier alpha value is -1.95. The molecular formula is C30H45NO5Si. The van der Waals surface area contributed by atoms with Crippen LogP contribution in [-0.2, 0) is 25.2 Å². The third kappa shape index (κ3) is 8.80. The van der Waals surface area contributed by atoms with E-state index in [4.69, 9.17) is 34.5 Å². The van der Waals surface area contributed by atoms with E-state index in [1.807, 2.05) is 19.1 Å². The lowest BCUT2D eigenvalue weighted by molar-refractivity contribution is -0.0871. The summed E-state index contributed by atoms with van der Waals surface area (Å²) in [5, 5.41) is 0.140. The van der Waals surface area contributed by atoms with Crippen molar-refractivity contribution >= 4 is 8.32 Å². The first-order valence-electron chi connectivity index (χ1n) is 13.4. The fourth-order valence-electron chi connectivity index (χ4n) is 4.14. The maximum Gasteiger partial charge on any atom is 0.226 e. The van der Waals surface area contributed by atoms with Crippen molar-refractivity contribution < 1.29 is 23.1 Å². The van der Waals surface area contributed by atoms with E-state index in [-0.39, 0.29) is 30.0 Å². The topological polar surface area (TPSA) is 63.0 Å². The van der Waals surface area contributed by atoms with Gasteiger partial charge in [0.1, 0.15) is 24.2 Å². The molecule has 6 nitrogen and oxygen atoms in total. The number of hydrogen-bond acceptors (Lipinski definition) is 6. The number of rotatable bonds is 12. The Bertz CT molecular complexity index is 1040. The summed E-state index contributed by atoms with van der Waals surface area (Å²) >= 11 is 0. The molecule has 0 unspecified atom stereocenters. The average molecular weight is 528 g/mol. The average Bonchev–Trinajstić information content (AvgIpc) is 3.22. The first-order valence-corrected chi connectivity index (χ1v) is 16.3. The molecule has 1 heterocycles. The van der Waals surface area contributed by atoms with Gasteiger partial charge in [0.05, 0.1) is 32.0 Å². The number of aryl methyl sites for hydroxylation is 2. The summed E-state index contributed by atoms with van der Waals surface area (Å²) in [5.74, 6) is 4.01. The van der Waals surface area contributed by atoms with E-state index in [1.165, 1.54) is 5.56 Å². The molecule has 1 aliphatic carbocycles. The highest BCUT2D eigenvalue weighted by Crippen LogP contribution is 2.36. The Morgan fingerprint density at radius 2 is 1.86 bits per heavy atom. The molecular weight excluding hydrogens is 482 g/mol. The van der Waals surface area contributed by atoms with Gasteiger partial charge in [0.15, 0.2) is 8.32 Å². The highest BCUT2D eigenvalue weighted by Gasteiger charge is 2.37. The summed E-state index contributed by atoms with van der Waals surface area (Å²) in [5.41, 5.74) is 3.02. The third-order valence-corrected chi connectivity index (χ3v) is 12.0. The minimum atomic E-state index is -1.88. The van der Waals surface area contributed by atoms with Gasteiger partial charge in [0, 0.05) is 5.56 Å². The van der Waals surface area contributed by atoms with Gasteiger partial charge in [0.2, 0.25) is 5.89 Å². The van der Waals surface area contributed by atoms with E-state index >= 15 is 0 Å². The summed E-state index contributed by atoms with van der Waals surface area (Å²) in [6, 6.07) is 8.18. The second kappa shape index (κ2) is 13.2. The maximum atomic E-state index is 6.38. The van der Waals surface area contributed by atoms with Crippen LogP contribution in [0.2, 0.25) is 18.1 Å². The van der Waals surface area contributed by atoms with Crippen LogP contribution >= 0.6 is 0 Å². The van der Waals surface area contributed by atoms with Crippen molar-refractivity contribution in [3.63, 3.8) is 0 Å². The smallest absolute Gasteiger partial charge is 0.226 e. The molecule has 3 rings (SSSR count). The molecule has 1 saturated carbocycles. The molecule has 37 heavy (non-hydrogen) atoms. The molecule has 3 atom stereocenters. The number of ether oxygens (including phenoxy) is 3. The van der Waals surface area contributed by atoms with Crippen molar-refractivity contribution in [3.8, 4) is 23.8 Å². The van der Waals surface area contributed by atoms with Gasteiger partial charge in [-0.15, -0.1) is 6.42 Å². The van der Waals surface area contributed by atoms with Gasteiger partial charge < -0.3 is 23.1 Å². The van der Waals surface area contributed by atoms with Gasteiger partial charge in [-0.3, -0.25) is 0 Å². The van der Waals surface area contributed by atoms with E-state index in [1.54, 1.807) is 0 Å². The Balaban J connectivity index is 1.50.